The zero-order chi connectivity index (χ0) is 30.1. The van der Waals surface area contributed by atoms with Gasteiger partial charge in [-0.3, -0.25) is 18.5 Å². The molecule has 4 heterocycles. The fraction of sp³-hybridized carbons (Fsp3) is 0.680. The molecule has 0 saturated carbocycles. The van der Waals surface area contributed by atoms with Gasteiger partial charge in [0.25, 0.3) is 5.56 Å². The zero-order valence-corrected chi connectivity index (χ0v) is 25.0. The van der Waals surface area contributed by atoms with Crippen molar-refractivity contribution in [3.63, 3.8) is 0 Å². The first kappa shape index (κ1) is 32.4. The van der Waals surface area contributed by atoms with Crippen LogP contribution in [0.1, 0.15) is 38.3 Å². The summed E-state index contributed by atoms with van der Waals surface area (Å²) in [5.74, 6) is 1.38. The van der Waals surface area contributed by atoms with E-state index in [1.807, 2.05) is 21.0 Å². The molecule has 2 saturated heterocycles. The van der Waals surface area contributed by atoms with Gasteiger partial charge in [-0.1, -0.05) is 5.11 Å². The molecule has 4 rings (SSSR count). The van der Waals surface area contributed by atoms with E-state index in [9.17, 15) is 14.4 Å². The number of azide groups is 1. The van der Waals surface area contributed by atoms with Crippen LogP contribution < -0.4 is 21.8 Å². The predicted molar refractivity (Wildman–Crippen MR) is 154 cm³/mol. The van der Waals surface area contributed by atoms with Crippen molar-refractivity contribution in [1.82, 2.24) is 18.7 Å². The van der Waals surface area contributed by atoms with Crippen LogP contribution in [0.3, 0.4) is 0 Å². The monoisotopic (exact) mass is 594 g/mol. The Labute approximate surface area is 241 Å². The lowest BCUT2D eigenvalue weighted by atomic mass is 10.1. The van der Waals surface area contributed by atoms with Crippen LogP contribution in [-0.4, -0.2) is 83.0 Å². The van der Waals surface area contributed by atoms with E-state index in [-0.39, 0.29) is 36.1 Å². The van der Waals surface area contributed by atoms with Gasteiger partial charge in [0.15, 0.2) is 0 Å². The summed E-state index contributed by atoms with van der Waals surface area (Å²) in [5.41, 5.74) is 8.13. The Hall–Kier alpha value is -3.14. The summed E-state index contributed by atoms with van der Waals surface area (Å²) in [6.45, 7) is 6.88. The second-order valence-corrected chi connectivity index (χ2v) is 10.7. The van der Waals surface area contributed by atoms with Crippen molar-refractivity contribution in [2.75, 3.05) is 51.7 Å². The van der Waals surface area contributed by atoms with Gasteiger partial charge in [-0.25, -0.2) is 9.59 Å². The van der Waals surface area contributed by atoms with Gasteiger partial charge in [-0.15, -0.1) is 11.8 Å². The number of aromatic nitrogens is 4. The SMILES string of the molecule is CCOC[C@H]1O[C@@H](n2cc(C)c(=O)n(CC)c2=O)CC1N=[N+]=[N-].COC[C@H]1O[C@@H](n2ccc(N(C)C)nc2=O)CS1. The van der Waals surface area contributed by atoms with Gasteiger partial charge in [0, 0.05) is 69.4 Å². The first-order valence-electron chi connectivity index (χ1n) is 13.3. The van der Waals surface area contributed by atoms with Crippen LogP contribution in [0.2, 0.25) is 0 Å². The molecule has 0 bridgehead atoms. The normalized spacial score (nSPS) is 23.5. The van der Waals surface area contributed by atoms with Crippen LogP contribution in [0.4, 0.5) is 5.82 Å². The number of ether oxygens (including phenoxy) is 4. The number of nitrogens with zero attached hydrogens (tertiary/aromatic N) is 8. The van der Waals surface area contributed by atoms with Gasteiger partial charge in [0.1, 0.15) is 23.7 Å². The van der Waals surface area contributed by atoms with Crippen molar-refractivity contribution in [3.05, 3.63) is 65.8 Å². The second kappa shape index (κ2) is 15.2. The van der Waals surface area contributed by atoms with E-state index in [0.29, 0.717) is 31.0 Å². The average molecular weight is 595 g/mol. The molecule has 2 aliphatic rings. The van der Waals surface area contributed by atoms with Crippen LogP contribution in [0.15, 0.2) is 38.0 Å². The summed E-state index contributed by atoms with van der Waals surface area (Å²) in [4.78, 5) is 45.0. The minimum absolute atomic E-state index is 0.0135. The van der Waals surface area contributed by atoms with Crippen LogP contribution in [0.25, 0.3) is 10.4 Å². The molecule has 5 atom stereocenters. The number of thioether (sulfide) groups is 1. The molecule has 2 aromatic heterocycles. The molecular formula is C25H38N8O7S. The molecule has 2 aromatic rings. The molecule has 0 radical (unpaired) electrons. The molecule has 41 heavy (non-hydrogen) atoms. The highest BCUT2D eigenvalue weighted by molar-refractivity contribution is 8.00. The summed E-state index contributed by atoms with van der Waals surface area (Å²) in [6.07, 6.45) is 2.34. The highest BCUT2D eigenvalue weighted by atomic mass is 32.2. The summed E-state index contributed by atoms with van der Waals surface area (Å²) < 4.78 is 26.0. The van der Waals surface area contributed by atoms with E-state index in [0.717, 1.165) is 10.3 Å². The topological polar surface area (TPSA) is 168 Å². The molecule has 0 aliphatic carbocycles. The van der Waals surface area contributed by atoms with Crippen molar-refractivity contribution in [2.45, 2.75) is 63.8 Å². The maximum Gasteiger partial charge on any atom is 0.351 e. The Bertz CT molecular complexity index is 1390. The van der Waals surface area contributed by atoms with E-state index in [2.05, 4.69) is 15.0 Å². The lowest BCUT2D eigenvalue weighted by Crippen LogP contribution is -2.41. The highest BCUT2D eigenvalue weighted by Crippen LogP contribution is 2.31. The van der Waals surface area contributed by atoms with Gasteiger partial charge >= 0.3 is 11.4 Å². The third-order valence-corrected chi connectivity index (χ3v) is 7.60. The molecule has 0 N–H and O–H groups in total. The first-order chi connectivity index (χ1) is 19.6. The van der Waals surface area contributed by atoms with Gasteiger partial charge in [-0.2, -0.15) is 4.98 Å². The molecular weight excluding hydrogens is 556 g/mol. The molecule has 0 aromatic carbocycles. The first-order valence-corrected chi connectivity index (χ1v) is 14.3. The highest BCUT2D eigenvalue weighted by Gasteiger charge is 2.36. The molecule has 16 heteroatoms. The molecule has 15 nitrogen and oxygen atoms in total. The predicted octanol–water partition coefficient (Wildman–Crippen LogP) is 1.89. The summed E-state index contributed by atoms with van der Waals surface area (Å²) in [6, 6.07) is 1.39. The Morgan fingerprint density at radius 2 is 1.95 bits per heavy atom. The minimum atomic E-state index is -0.583. The van der Waals surface area contributed by atoms with Crippen LogP contribution in [0, 0.1) is 6.92 Å². The fourth-order valence-electron chi connectivity index (χ4n) is 4.39. The van der Waals surface area contributed by atoms with E-state index in [1.165, 1.54) is 15.3 Å². The molecule has 0 amide bonds. The van der Waals surface area contributed by atoms with Crippen molar-refractivity contribution in [3.8, 4) is 0 Å². The Kier molecular flexibility index (Phi) is 12.0. The van der Waals surface area contributed by atoms with Gasteiger partial charge < -0.3 is 23.8 Å². The van der Waals surface area contributed by atoms with Crippen molar-refractivity contribution >= 4 is 17.6 Å². The molecule has 0 spiro atoms. The Morgan fingerprint density at radius 1 is 1.20 bits per heavy atom. The molecule has 226 valence electrons. The smallest absolute Gasteiger partial charge is 0.351 e. The summed E-state index contributed by atoms with van der Waals surface area (Å²) >= 11 is 1.64. The quantitative estimate of drug-likeness (QED) is 0.225. The van der Waals surface area contributed by atoms with Crippen LogP contribution in [-0.2, 0) is 25.5 Å². The van der Waals surface area contributed by atoms with E-state index in [4.69, 9.17) is 24.5 Å². The van der Waals surface area contributed by atoms with E-state index >= 15 is 0 Å². The number of hydrogen-bond acceptors (Lipinski definition) is 11. The van der Waals surface area contributed by atoms with E-state index < -0.39 is 24.1 Å². The van der Waals surface area contributed by atoms with Crippen molar-refractivity contribution < 1.29 is 18.9 Å². The van der Waals surface area contributed by atoms with Crippen LogP contribution in [0.5, 0.6) is 0 Å². The van der Waals surface area contributed by atoms with Gasteiger partial charge in [0.05, 0.1) is 25.4 Å². The Balaban J connectivity index is 0.000000232. The maximum absolute atomic E-state index is 12.5. The average Bonchev–Trinajstić information content (AvgIpc) is 3.57. The van der Waals surface area contributed by atoms with Gasteiger partial charge in [0.2, 0.25) is 0 Å². The van der Waals surface area contributed by atoms with Crippen LogP contribution >= 0.6 is 11.8 Å². The molecule has 2 fully saturated rings. The number of methoxy groups -OCH3 is 1. The number of anilines is 1. The lowest BCUT2D eigenvalue weighted by molar-refractivity contribution is -0.0439. The Morgan fingerprint density at radius 3 is 2.56 bits per heavy atom. The number of rotatable bonds is 10. The molecule has 2 aliphatic heterocycles. The van der Waals surface area contributed by atoms with Crippen molar-refractivity contribution in [1.29, 1.82) is 0 Å². The molecule has 1 unspecified atom stereocenters. The van der Waals surface area contributed by atoms with Gasteiger partial charge in [-0.05, 0) is 32.4 Å². The minimum Gasteiger partial charge on any atom is -0.381 e. The fourth-order valence-corrected chi connectivity index (χ4v) is 5.44. The third kappa shape index (κ3) is 7.99. The zero-order valence-electron chi connectivity index (χ0n) is 24.2. The number of aryl methyl sites for hydroxylation is 1. The largest absolute Gasteiger partial charge is 0.381 e. The number of hydrogen-bond donors (Lipinski definition) is 0. The lowest BCUT2D eigenvalue weighted by Gasteiger charge is -2.18. The second-order valence-electron chi connectivity index (χ2n) is 9.53. The third-order valence-electron chi connectivity index (χ3n) is 6.50. The standard InChI is InChI=1S/C14H21N5O4.C11H17N3O3S/c1-4-18-13(20)9(3)7-19(14(18)21)12-6-10(16-17-15)11(23-12)8-22-5-2;1-13(2)8-4-5-14(11(15)12-8)9-7-18-10(17-9)6-16-3/h7,10-12H,4-6,8H2,1-3H3;4-5,9-10H,6-7H2,1-3H3/t10?,11-,12-;9-,10+/m11/s1. The summed E-state index contributed by atoms with van der Waals surface area (Å²) in [7, 11) is 5.34. The summed E-state index contributed by atoms with van der Waals surface area (Å²) in [5, 5.41) is 3.74. The van der Waals surface area contributed by atoms with Crippen molar-refractivity contribution in [2.24, 2.45) is 5.11 Å². The van der Waals surface area contributed by atoms with E-state index in [1.54, 1.807) is 49.9 Å². The maximum atomic E-state index is 12.5.